The van der Waals surface area contributed by atoms with Crippen molar-refractivity contribution in [2.75, 3.05) is 5.32 Å². The van der Waals surface area contributed by atoms with Gasteiger partial charge in [-0.2, -0.15) is 0 Å². The number of halogens is 1. The van der Waals surface area contributed by atoms with Gasteiger partial charge in [-0.1, -0.05) is 11.6 Å². The Morgan fingerprint density at radius 1 is 1.21 bits per heavy atom. The monoisotopic (exact) mass is 344 g/mol. The number of amides is 1. The lowest BCUT2D eigenvalue weighted by molar-refractivity contribution is -0.115. The number of guanidine groups is 1. The van der Waals surface area contributed by atoms with Crippen LogP contribution in [-0.4, -0.2) is 22.9 Å². The van der Waals surface area contributed by atoms with E-state index in [1.54, 1.807) is 18.2 Å². The maximum absolute atomic E-state index is 11.5. The van der Waals surface area contributed by atoms with Crippen molar-refractivity contribution in [1.82, 2.24) is 0 Å². The summed E-state index contributed by atoms with van der Waals surface area (Å²) in [5.41, 5.74) is 13.5. The van der Waals surface area contributed by atoms with Gasteiger partial charge in [-0.3, -0.25) is 4.79 Å². The molecule has 2 aromatic rings. The molecule has 24 heavy (non-hydrogen) atoms. The molecule has 0 atom stereocenters. The van der Waals surface area contributed by atoms with Crippen molar-refractivity contribution < 1.29 is 14.7 Å². The number of fused-ring (bicyclic) bond motifs is 1. The van der Waals surface area contributed by atoms with Gasteiger partial charge < -0.3 is 21.9 Å². The van der Waals surface area contributed by atoms with Crippen LogP contribution in [0.3, 0.4) is 0 Å². The zero-order valence-corrected chi connectivity index (χ0v) is 13.1. The molecule has 0 saturated carbocycles. The van der Waals surface area contributed by atoms with Crippen LogP contribution in [-0.2, 0) is 11.2 Å². The van der Waals surface area contributed by atoms with E-state index in [0.717, 1.165) is 5.56 Å². The Kier molecular flexibility index (Phi) is 3.86. The first kappa shape index (κ1) is 15.8. The third-order valence-electron chi connectivity index (χ3n) is 3.60. The minimum absolute atomic E-state index is 0.0590. The molecule has 0 aromatic heterocycles. The number of carboxylic acids is 1. The second-order valence-corrected chi connectivity index (χ2v) is 5.69. The van der Waals surface area contributed by atoms with E-state index >= 15 is 0 Å². The van der Waals surface area contributed by atoms with E-state index in [0.29, 0.717) is 27.5 Å². The first-order valence-corrected chi connectivity index (χ1v) is 7.32. The number of anilines is 1. The standard InChI is InChI=1S/C16H13ClN4O3/c17-12-6-13-7(4-14(22)21-13)3-11(12)10-5-8(20-16(18)19)1-2-9(10)15(23)24/h1-3,5-6H,4H2,(H,21,22)(H,23,24)(H4,18,19,20). The third-order valence-corrected chi connectivity index (χ3v) is 3.91. The van der Waals surface area contributed by atoms with E-state index in [-0.39, 0.29) is 23.9 Å². The van der Waals surface area contributed by atoms with Crippen LogP contribution in [0.1, 0.15) is 15.9 Å². The molecular formula is C16H13ClN4O3. The molecule has 1 aliphatic rings. The van der Waals surface area contributed by atoms with Gasteiger partial charge in [0.05, 0.1) is 22.7 Å². The Hall–Kier alpha value is -3.06. The number of nitrogens with zero attached hydrogens (tertiary/aromatic N) is 1. The van der Waals surface area contributed by atoms with Crippen LogP contribution in [0.5, 0.6) is 0 Å². The van der Waals surface area contributed by atoms with E-state index in [1.165, 1.54) is 12.1 Å². The van der Waals surface area contributed by atoms with Gasteiger partial charge in [-0.05, 0) is 41.5 Å². The van der Waals surface area contributed by atoms with Gasteiger partial charge in [0.1, 0.15) is 0 Å². The molecule has 0 radical (unpaired) electrons. The summed E-state index contributed by atoms with van der Waals surface area (Å²) in [7, 11) is 0. The van der Waals surface area contributed by atoms with Gasteiger partial charge in [0.2, 0.25) is 5.91 Å². The SMILES string of the molecule is NC(N)=Nc1ccc(C(=O)O)c(-c2cc3c(cc2Cl)NC(=O)C3)c1. The van der Waals surface area contributed by atoms with E-state index < -0.39 is 5.97 Å². The summed E-state index contributed by atoms with van der Waals surface area (Å²) in [4.78, 5) is 27.0. The lowest BCUT2D eigenvalue weighted by Crippen LogP contribution is -2.21. The molecule has 0 fully saturated rings. The summed E-state index contributed by atoms with van der Waals surface area (Å²) < 4.78 is 0. The van der Waals surface area contributed by atoms with Gasteiger partial charge in [0.25, 0.3) is 0 Å². The number of carbonyl (C=O) groups is 2. The Morgan fingerprint density at radius 3 is 2.62 bits per heavy atom. The zero-order valence-electron chi connectivity index (χ0n) is 12.3. The first-order valence-electron chi connectivity index (χ1n) is 6.95. The highest BCUT2D eigenvalue weighted by atomic mass is 35.5. The molecule has 1 aliphatic heterocycles. The number of carboxylic acid groups (broad SMARTS) is 1. The van der Waals surface area contributed by atoms with E-state index in [9.17, 15) is 14.7 Å². The molecule has 1 heterocycles. The van der Waals surface area contributed by atoms with Crippen LogP contribution in [0.25, 0.3) is 11.1 Å². The fraction of sp³-hybridized carbons (Fsp3) is 0.0625. The number of hydrogen-bond acceptors (Lipinski definition) is 3. The molecule has 2 aromatic carbocycles. The lowest BCUT2D eigenvalue weighted by Gasteiger charge is -2.11. The van der Waals surface area contributed by atoms with Crippen LogP contribution in [0.15, 0.2) is 35.3 Å². The second-order valence-electron chi connectivity index (χ2n) is 5.29. The number of benzene rings is 2. The zero-order chi connectivity index (χ0) is 17.4. The Balaban J connectivity index is 2.21. The van der Waals surface area contributed by atoms with Gasteiger partial charge in [-0.25, -0.2) is 9.79 Å². The van der Waals surface area contributed by atoms with E-state index in [2.05, 4.69) is 10.3 Å². The second kappa shape index (κ2) is 5.86. The summed E-state index contributed by atoms with van der Waals surface area (Å²) >= 11 is 6.30. The molecule has 7 nitrogen and oxygen atoms in total. The van der Waals surface area contributed by atoms with Gasteiger partial charge in [0.15, 0.2) is 5.96 Å². The summed E-state index contributed by atoms with van der Waals surface area (Å²) in [5.74, 6) is -1.38. The number of aliphatic imine (C=N–C) groups is 1. The quantitative estimate of drug-likeness (QED) is 0.500. The number of carbonyl (C=O) groups excluding carboxylic acids is 1. The Morgan fingerprint density at radius 2 is 1.96 bits per heavy atom. The molecule has 0 bridgehead atoms. The highest BCUT2D eigenvalue weighted by molar-refractivity contribution is 6.34. The average Bonchev–Trinajstić information content (AvgIpc) is 2.84. The molecular weight excluding hydrogens is 332 g/mol. The number of nitrogens with one attached hydrogen (secondary N) is 1. The van der Waals surface area contributed by atoms with Gasteiger partial charge in [-0.15, -0.1) is 0 Å². The summed E-state index contributed by atoms with van der Waals surface area (Å²) in [6.45, 7) is 0. The predicted molar refractivity (Wildman–Crippen MR) is 91.7 cm³/mol. The smallest absolute Gasteiger partial charge is 0.336 e. The third kappa shape index (κ3) is 2.89. The maximum Gasteiger partial charge on any atom is 0.336 e. The molecule has 0 unspecified atom stereocenters. The van der Waals surface area contributed by atoms with Crippen LogP contribution in [0.2, 0.25) is 5.02 Å². The minimum atomic E-state index is -1.10. The Labute approximate surface area is 141 Å². The minimum Gasteiger partial charge on any atom is -0.478 e. The largest absolute Gasteiger partial charge is 0.478 e. The molecule has 122 valence electrons. The highest BCUT2D eigenvalue weighted by Gasteiger charge is 2.22. The van der Waals surface area contributed by atoms with Crippen molar-refractivity contribution in [2.45, 2.75) is 6.42 Å². The number of hydrogen-bond donors (Lipinski definition) is 4. The number of aromatic carboxylic acids is 1. The molecule has 6 N–H and O–H groups in total. The van der Waals surface area contributed by atoms with Crippen molar-refractivity contribution >= 4 is 40.8 Å². The van der Waals surface area contributed by atoms with Gasteiger partial charge in [0, 0.05) is 11.3 Å². The van der Waals surface area contributed by atoms with Crippen LogP contribution in [0.4, 0.5) is 11.4 Å². The molecule has 8 heteroatoms. The summed E-state index contributed by atoms with van der Waals surface area (Å²) in [6.07, 6.45) is 0.218. The predicted octanol–water partition coefficient (Wildman–Crippen LogP) is 2.10. The topological polar surface area (TPSA) is 131 Å². The van der Waals surface area contributed by atoms with Crippen molar-refractivity contribution in [3.8, 4) is 11.1 Å². The molecule has 1 amide bonds. The molecule has 0 saturated heterocycles. The number of rotatable bonds is 3. The normalized spacial score (nSPS) is 12.5. The van der Waals surface area contributed by atoms with E-state index in [4.69, 9.17) is 23.1 Å². The van der Waals surface area contributed by atoms with Crippen LogP contribution >= 0.6 is 11.6 Å². The summed E-state index contributed by atoms with van der Waals surface area (Å²) in [6, 6.07) is 7.76. The van der Waals surface area contributed by atoms with Crippen LogP contribution in [0, 0.1) is 0 Å². The maximum atomic E-state index is 11.5. The fourth-order valence-electron chi connectivity index (χ4n) is 2.61. The van der Waals surface area contributed by atoms with Crippen molar-refractivity contribution in [1.29, 1.82) is 0 Å². The van der Waals surface area contributed by atoms with Crippen molar-refractivity contribution in [3.05, 3.63) is 46.5 Å². The highest BCUT2D eigenvalue weighted by Crippen LogP contribution is 2.38. The molecule has 0 spiro atoms. The summed E-state index contributed by atoms with van der Waals surface area (Å²) in [5, 5.41) is 12.4. The average molecular weight is 345 g/mol. The fourth-order valence-corrected chi connectivity index (χ4v) is 2.88. The van der Waals surface area contributed by atoms with Crippen LogP contribution < -0.4 is 16.8 Å². The van der Waals surface area contributed by atoms with Crippen molar-refractivity contribution in [2.24, 2.45) is 16.5 Å². The number of nitrogens with two attached hydrogens (primary N) is 2. The van der Waals surface area contributed by atoms with Crippen molar-refractivity contribution in [3.63, 3.8) is 0 Å². The van der Waals surface area contributed by atoms with E-state index in [1.807, 2.05) is 0 Å². The molecule has 0 aliphatic carbocycles. The molecule has 3 rings (SSSR count). The Bertz CT molecular complexity index is 904. The van der Waals surface area contributed by atoms with Gasteiger partial charge >= 0.3 is 5.97 Å². The lowest BCUT2D eigenvalue weighted by atomic mass is 9.96. The first-order chi connectivity index (χ1) is 11.3.